The number of nitrogens with one attached hydrogen (secondary N) is 1. The molecule has 0 spiro atoms. The lowest BCUT2D eigenvalue weighted by Gasteiger charge is -2.20. The molecule has 0 saturated carbocycles. The van der Waals surface area contributed by atoms with Crippen molar-refractivity contribution in [1.29, 1.82) is 0 Å². The van der Waals surface area contributed by atoms with Gasteiger partial charge in [0.2, 0.25) is 18.6 Å². The molecule has 8 heteroatoms. The predicted molar refractivity (Wildman–Crippen MR) is 113 cm³/mol. The van der Waals surface area contributed by atoms with E-state index in [1.165, 1.54) is 0 Å². The van der Waals surface area contributed by atoms with Gasteiger partial charge in [0.25, 0.3) is 0 Å². The molecule has 2 heterocycles. The summed E-state index contributed by atoms with van der Waals surface area (Å²) in [6.07, 6.45) is 0.0865. The third kappa shape index (κ3) is 4.74. The number of rotatable bonds is 8. The monoisotopic (exact) mass is 426 g/mol. The lowest BCUT2D eigenvalue weighted by atomic mass is 10.1. The number of aryl methyl sites for hydroxylation is 1. The Bertz CT molecular complexity index is 963. The molecule has 2 unspecified atom stereocenters. The zero-order chi connectivity index (χ0) is 21.8. The molecule has 1 fully saturated rings. The van der Waals surface area contributed by atoms with Gasteiger partial charge < -0.3 is 29.5 Å². The molecule has 8 nitrogen and oxygen atoms in total. The number of fused-ring (bicyclic) bond motifs is 1. The Hall–Kier alpha value is -3.26. The van der Waals surface area contributed by atoms with Crippen molar-refractivity contribution in [2.75, 3.05) is 31.4 Å². The van der Waals surface area contributed by atoms with Crippen molar-refractivity contribution in [2.45, 2.75) is 25.9 Å². The highest BCUT2D eigenvalue weighted by Gasteiger charge is 2.35. The van der Waals surface area contributed by atoms with Gasteiger partial charge in [0.15, 0.2) is 11.5 Å². The minimum Gasteiger partial charge on any atom is -0.491 e. The highest BCUT2D eigenvalue weighted by Crippen LogP contribution is 2.35. The maximum absolute atomic E-state index is 12.6. The summed E-state index contributed by atoms with van der Waals surface area (Å²) < 4.78 is 16.1. The first-order valence-corrected chi connectivity index (χ1v) is 10.4. The van der Waals surface area contributed by atoms with Crippen molar-refractivity contribution in [1.82, 2.24) is 5.32 Å². The Balaban J connectivity index is 1.25. The number of hydrogen-bond donors (Lipinski definition) is 2. The van der Waals surface area contributed by atoms with E-state index >= 15 is 0 Å². The summed E-state index contributed by atoms with van der Waals surface area (Å²) in [5.74, 6) is 1.04. The second-order valence-electron chi connectivity index (χ2n) is 7.61. The summed E-state index contributed by atoms with van der Waals surface area (Å²) in [7, 11) is 0. The Morgan fingerprint density at radius 3 is 2.90 bits per heavy atom. The van der Waals surface area contributed by atoms with Gasteiger partial charge in [0.1, 0.15) is 18.5 Å². The number of benzene rings is 2. The normalized spacial score (nSPS) is 18.2. The summed E-state index contributed by atoms with van der Waals surface area (Å²) in [6.45, 7) is 2.61. The lowest BCUT2D eigenvalue weighted by Crippen LogP contribution is -2.39. The second kappa shape index (κ2) is 9.26. The van der Waals surface area contributed by atoms with Crippen LogP contribution in [0.2, 0.25) is 0 Å². The fraction of sp³-hybridized carbons (Fsp3) is 0.391. The number of amides is 2. The van der Waals surface area contributed by atoms with Crippen LogP contribution in [0.15, 0.2) is 42.5 Å². The van der Waals surface area contributed by atoms with Crippen molar-refractivity contribution in [3.63, 3.8) is 0 Å². The average molecular weight is 426 g/mol. The van der Waals surface area contributed by atoms with E-state index in [1.807, 2.05) is 31.2 Å². The molecule has 0 aliphatic carbocycles. The summed E-state index contributed by atoms with van der Waals surface area (Å²) in [6, 6.07) is 12.9. The van der Waals surface area contributed by atoms with Gasteiger partial charge in [-0.15, -0.1) is 0 Å². The van der Waals surface area contributed by atoms with E-state index in [0.29, 0.717) is 23.8 Å². The van der Waals surface area contributed by atoms with Crippen molar-refractivity contribution in [3.8, 4) is 17.2 Å². The largest absolute Gasteiger partial charge is 0.491 e. The number of carbonyl (C=O) groups is 2. The molecular weight excluding hydrogens is 400 g/mol. The van der Waals surface area contributed by atoms with Crippen LogP contribution < -0.4 is 24.4 Å². The smallest absolute Gasteiger partial charge is 0.231 e. The number of carbonyl (C=O) groups excluding carboxylic acids is 2. The molecule has 2 N–H and O–H groups in total. The van der Waals surface area contributed by atoms with Crippen LogP contribution >= 0.6 is 0 Å². The fourth-order valence-corrected chi connectivity index (χ4v) is 3.77. The van der Waals surface area contributed by atoms with Crippen molar-refractivity contribution in [2.24, 2.45) is 5.92 Å². The van der Waals surface area contributed by atoms with Crippen LogP contribution in [0.3, 0.4) is 0 Å². The molecule has 164 valence electrons. The van der Waals surface area contributed by atoms with Gasteiger partial charge in [-0.1, -0.05) is 25.1 Å². The van der Waals surface area contributed by atoms with Gasteiger partial charge in [0, 0.05) is 31.3 Å². The van der Waals surface area contributed by atoms with Crippen LogP contribution in [-0.4, -0.2) is 49.5 Å². The van der Waals surface area contributed by atoms with Gasteiger partial charge >= 0.3 is 0 Å². The summed E-state index contributed by atoms with van der Waals surface area (Å²) in [5, 5.41) is 12.9. The van der Waals surface area contributed by atoms with Crippen molar-refractivity contribution in [3.05, 3.63) is 48.0 Å². The van der Waals surface area contributed by atoms with Crippen LogP contribution in [0.25, 0.3) is 0 Å². The molecule has 2 aliphatic heterocycles. The number of hydrogen-bond acceptors (Lipinski definition) is 6. The molecule has 0 bridgehead atoms. The minimum absolute atomic E-state index is 0.0134. The lowest BCUT2D eigenvalue weighted by molar-refractivity contribution is -0.126. The summed E-state index contributed by atoms with van der Waals surface area (Å²) >= 11 is 0. The van der Waals surface area contributed by atoms with Crippen LogP contribution in [-0.2, 0) is 16.0 Å². The van der Waals surface area contributed by atoms with Crippen LogP contribution in [0.1, 0.15) is 18.9 Å². The average Bonchev–Trinajstić information content (AvgIpc) is 3.42. The summed E-state index contributed by atoms with van der Waals surface area (Å²) in [5.41, 5.74) is 1.94. The first-order chi connectivity index (χ1) is 15.0. The first-order valence-electron chi connectivity index (χ1n) is 10.4. The number of ether oxygens (including phenoxy) is 3. The fourth-order valence-electron chi connectivity index (χ4n) is 3.77. The maximum Gasteiger partial charge on any atom is 0.231 e. The zero-order valence-corrected chi connectivity index (χ0v) is 17.4. The Kier molecular flexibility index (Phi) is 6.27. The summed E-state index contributed by atoms with van der Waals surface area (Å²) in [4.78, 5) is 26.7. The van der Waals surface area contributed by atoms with E-state index in [4.69, 9.17) is 14.2 Å². The van der Waals surface area contributed by atoms with E-state index in [1.54, 1.807) is 23.1 Å². The zero-order valence-electron chi connectivity index (χ0n) is 17.4. The molecule has 2 aromatic carbocycles. The van der Waals surface area contributed by atoms with Crippen molar-refractivity contribution < 1.29 is 28.9 Å². The Morgan fingerprint density at radius 1 is 1.26 bits per heavy atom. The first kappa shape index (κ1) is 21.0. The van der Waals surface area contributed by atoms with E-state index in [-0.39, 0.29) is 38.2 Å². The highest BCUT2D eigenvalue weighted by molar-refractivity contribution is 6.00. The van der Waals surface area contributed by atoms with Gasteiger partial charge in [-0.2, -0.15) is 0 Å². The van der Waals surface area contributed by atoms with Gasteiger partial charge in [-0.3, -0.25) is 9.59 Å². The SMILES string of the molecule is CCc1ccccc1N1CC(C(=O)NCC(O)COc2ccc3c(c2)OCO3)CC1=O. The Morgan fingerprint density at radius 2 is 2.06 bits per heavy atom. The second-order valence-corrected chi connectivity index (χ2v) is 7.61. The minimum atomic E-state index is -0.886. The Labute approximate surface area is 180 Å². The topological polar surface area (TPSA) is 97.3 Å². The van der Waals surface area contributed by atoms with Gasteiger partial charge in [-0.25, -0.2) is 0 Å². The number of aliphatic hydroxyl groups excluding tert-OH is 1. The molecule has 2 amide bonds. The quantitative estimate of drug-likeness (QED) is 0.669. The molecular formula is C23H26N2O6. The van der Waals surface area contributed by atoms with Crippen LogP contribution in [0.5, 0.6) is 17.2 Å². The van der Waals surface area contributed by atoms with Gasteiger partial charge in [-0.05, 0) is 30.2 Å². The molecule has 0 aromatic heterocycles. The number of nitrogens with zero attached hydrogens (tertiary/aromatic N) is 1. The molecule has 2 aromatic rings. The number of aliphatic hydroxyl groups is 1. The molecule has 0 radical (unpaired) electrons. The van der Waals surface area contributed by atoms with E-state index in [9.17, 15) is 14.7 Å². The van der Waals surface area contributed by atoms with E-state index in [0.717, 1.165) is 17.7 Å². The standard InChI is InChI=1S/C23H26N2O6/c1-2-15-5-3-4-6-19(15)25-12-16(9-22(25)27)23(28)24-11-17(26)13-29-18-7-8-20-21(10-18)31-14-30-20/h3-8,10,16-17,26H,2,9,11-14H2,1H3,(H,24,28). The van der Waals surface area contributed by atoms with Crippen molar-refractivity contribution >= 4 is 17.5 Å². The van der Waals surface area contributed by atoms with Crippen LogP contribution in [0, 0.1) is 5.92 Å². The molecule has 4 rings (SSSR count). The van der Waals surface area contributed by atoms with Gasteiger partial charge in [0.05, 0.1) is 5.92 Å². The molecule has 2 aliphatic rings. The maximum atomic E-state index is 12.6. The molecule has 2 atom stereocenters. The van der Waals surface area contributed by atoms with Crippen LogP contribution in [0.4, 0.5) is 5.69 Å². The van der Waals surface area contributed by atoms with E-state index < -0.39 is 12.0 Å². The third-order valence-electron chi connectivity index (χ3n) is 5.46. The predicted octanol–water partition coefficient (Wildman–Crippen LogP) is 1.89. The number of para-hydroxylation sites is 1. The number of anilines is 1. The highest BCUT2D eigenvalue weighted by atomic mass is 16.7. The third-order valence-corrected chi connectivity index (χ3v) is 5.46. The molecule has 31 heavy (non-hydrogen) atoms. The molecule has 1 saturated heterocycles. The van der Waals surface area contributed by atoms with E-state index in [2.05, 4.69) is 5.32 Å².